The molecule has 1 atom stereocenters. The smallest absolute Gasteiger partial charge is 0.265 e. The van der Waals surface area contributed by atoms with Crippen LogP contribution in [0.4, 0.5) is 0 Å². The molecular formula is C10H13NO3S4. The molecule has 0 spiro atoms. The highest BCUT2D eigenvalue weighted by Gasteiger charge is 2.34. The van der Waals surface area contributed by atoms with Gasteiger partial charge in [0.15, 0.2) is 9.84 Å². The zero-order valence-electron chi connectivity index (χ0n) is 9.70. The molecule has 0 bridgehead atoms. The molecule has 1 aliphatic heterocycles. The monoisotopic (exact) mass is 323 g/mol. The van der Waals surface area contributed by atoms with E-state index in [4.69, 9.17) is 0 Å². The summed E-state index contributed by atoms with van der Waals surface area (Å²) in [6.45, 7) is 0.473. The number of hydrogen-bond acceptors (Lipinski definition) is 6. The van der Waals surface area contributed by atoms with Gasteiger partial charge in [-0.05, 0) is 6.07 Å². The Balaban J connectivity index is 2.27. The Bertz CT molecular complexity index is 551. The summed E-state index contributed by atoms with van der Waals surface area (Å²) < 4.78 is 23.4. The van der Waals surface area contributed by atoms with Gasteiger partial charge in [0.05, 0.1) is 4.88 Å². The number of rotatable bonds is 2. The van der Waals surface area contributed by atoms with Gasteiger partial charge < -0.3 is 4.90 Å². The largest absolute Gasteiger partial charge is 0.319 e. The molecule has 0 aromatic carbocycles. The van der Waals surface area contributed by atoms with E-state index in [2.05, 4.69) is 12.6 Å². The molecule has 1 unspecified atom stereocenters. The first kappa shape index (κ1) is 14.2. The van der Waals surface area contributed by atoms with Gasteiger partial charge in [-0.25, -0.2) is 8.42 Å². The van der Waals surface area contributed by atoms with Gasteiger partial charge >= 0.3 is 0 Å². The number of thiophene rings is 1. The molecule has 100 valence electrons. The average Bonchev–Trinajstić information content (AvgIpc) is 2.74. The summed E-state index contributed by atoms with van der Waals surface area (Å²) in [5.74, 6) is 1.01. The van der Waals surface area contributed by atoms with Crippen molar-refractivity contribution in [2.45, 2.75) is 10.3 Å². The van der Waals surface area contributed by atoms with E-state index < -0.39 is 15.2 Å². The summed E-state index contributed by atoms with van der Waals surface area (Å²) in [5.41, 5.74) is 0. The number of carbonyl (C=O) groups is 1. The van der Waals surface area contributed by atoms with Crippen LogP contribution >= 0.6 is 35.7 Å². The second kappa shape index (κ2) is 5.44. The van der Waals surface area contributed by atoms with Crippen molar-refractivity contribution in [2.24, 2.45) is 0 Å². The summed E-state index contributed by atoms with van der Waals surface area (Å²) in [5, 5.41) is 1.05. The molecule has 0 radical (unpaired) electrons. The molecular weight excluding hydrogens is 310 g/mol. The van der Waals surface area contributed by atoms with E-state index >= 15 is 0 Å². The molecule has 2 rings (SSSR count). The zero-order chi connectivity index (χ0) is 13.3. The summed E-state index contributed by atoms with van der Waals surface area (Å²) in [4.78, 5) is 15.0. The van der Waals surface area contributed by atoms with Crippen LogP contribution in [-0.2, 0) is 9.84 Å². The van der Waals surface area contributed by atoms with Gasteiger partial charge in [-0.3, -0.25) is 4.79 Å². The minimum Gasteiger partial charge on any atom is -0.319 e. The number of hydrogen-bond donors (Lipinski definition) is 1. The molecule has 4 nitrogen and oxygen atoms in total. The highest BCUT2D eigenvalue weighted by atomic mass is 32.2. The van der Waals surface area contributed by atoms with E-state index in [9.17, 15) is 13.2 Å². The summed E-state index contributed by atoms with van der Waals surface area (Å²) in [7, 11) is -3.25. The third-order valence-corrected chi connectivity index (χ3v) is 6.63. The Kier molecular flexibility index (Phi) is 4.30. The van der Waals surface area contributed by atoms with E-state index in [0.717, 1.165) is 10.6 Å². The van der Waals surface area contributed by atoms with Gasteiger partial charge in [-0.2, -0.15) is 11.8 Å². The van der Waals surface area contributed by atoms with Crippen molar-refractivity contribution in [2.75, 3.05) is 24.3 Å². The van der Waals surface area contributed by atoms with Crippen molar-refractivity contribution in [3.8, 4) is 0 Å². The Morgan fingerprint density at radius 3 is 2.83 bits per heavy atom. The molecule has 1 aromatic rings. The first-order valence-corrected chi connectivity index (χ1v) is 9.68. The third-order valence-electron chi connectivity index (χ3n) is 2.64. The topological polar surface area (TPSA) is 54.5 Å². The van der Waals surface area contributed by atoms with Crippen molar-refractivity contribution in [3.05, 3.63) is 16.3 Å². The summed E-state index contributed by atoms with van der Waals surface area (Å²) in [6.07, 6.45) is 1.18. The van der Waals surface area contributed by atoms with Crippen molar-refractivity contribution in [3.63, 3.8) is 0 Å². The van der Waals surface area contributed by atoms with Crippen LogP contribution in [0.2, 0.25) is 0 Å². The number of sulfone groups is 1. The fourth-order valence-corrected chi connectivity index (χ4v) is 5.67. The molecule has 0 N–H and O–H groups in total. The molecule has 1 aromatic heterocycles. The minimum atomic E-state index is -3.25. The fraction of sp³-hybridized carbons (Fsp3) is 0.500. The van der Waals surface area contributed by atoms with E-state index in [-0.39, 0.29) is 5.91 Å². The molecule has 1 fully saturated rings. The average molecular weight is 323 g/mol. The molecule has 1 saturated heterocycles. The van der Waals surface area contributed by atoms with Crippen LogP contribution in [0.3, 0.4) is 0 Å². The standard InChI is InChI=1S/C10H13NO3S4/c1-18(13,14)9-6-16-3-2-11(9)10(12)8-4-7(15)5-17-8/h4-5,9,15H,2-3,6H2,1H3. The summed E-state index contributed by atoms with van der Waals surface area (Å²) >= 11 is 7.02. The number of nitrogens with zero attached hydrogens (tertiary/aromatic N) is 1. The Hall–Kier alpha value is -0.180. The highest BCUT2D eigenvalue weighted by molar-refractivity contribution is 8.00. The molecule has 18 heavy (non-hydrogen) atoms. The lowest BCUT2D eigenvalue weighted by Crippen LogP contribution is -2.49. The summed E-state index contributed by atoms with van der Waals surface area (Å²) in [6, 6.07) is 1.68. The van der Waals surface area contributed by atoms with Crippen LogP contribution in [0.25, 0.3) is 0 Å². The minimum absolute atomic E-state index is 0.212. The lowest BCUT2D eigenvalue weighted by molar-refractivity contribution is 0.0754. The maximum Gasteiger partial charge on any atom is 0.265 e. The maximum atomic E-state index is 12.3. The van der Waals surface area contributed by atoms with Crippen LogP contribution in [0, 0.1) is 0 Å². The first-order valence-electron chi connectivity index (χ1n) is 5.24. The quantitative estimate of drug-likeness (QED) is 0.840. The Morgan fingerprint density at radius 1 is 1.56 bits per heavy atom. The van der Waals surface area contributed by atoms with E-state index in [1.165, 1.54) is 22.5 Å². The lowest BCUT2D eigenvalue weighted by Gasteiger charge is -2.33. The fourth-order valence-electron chi connectivity index (χ4n) is 1.75. The molecule has 1 aliphatic rings. The van der Waals surface area contributed by atoms with Gasteiger partial charge in [0.25, 0.3) is 5.91 Å². The number of amides is 1. The highest BCUT2D eigenvalue weighted by Crippen LogP contribution is 2.25. The van der Waals surface area contributed by atoms with Crippen LogP contribution in [0.5, 0.6) is 0 Å². The van der Waals surface area contributed by atoms with Gasteiger partial charge in [0.1, 0.15) is 5.37 Å². The predicted octanol–water partition coefficient (Wildman–Crippen LogP) is 1.60. The van der Waals surface area contributed by atoms with Crippen LogP contribution in [-0.4, -0.2) is 48.9 Å². The van der Waals surface area contributed by atoms with Gasteiger partial charge in [-0.15, -0.1) is 24.0 Å². The van der Waals surface area contributed by atoms with Gasteiger partial charge in [-0.1, -0.05) is 0 Å². The number of thioether (sulfide) groups is 1. The molecule has 1 amide bonds. The lowest BCUT2D eigenvalue weighted by atomic mass is 10.4. The molecule has 0 aliphatic carbocycles. The van der Waals surface area contributed by atoms with Gasteiger partial charge in [0, 0.05) is 34.6 Å². The second-order valence-electron chi connectivity index (χ2n) is 4.03. The maximum absolute atomic E-state index is 12.3. The van der Waals surface area contributed by atoms with E-state index in [1.807, 2.05) is 0 Å². The number of carbonyl (C=O) groups excluding carboxylic acids is 1. The van der Waals surface area contributed by atoms with Crippen molar-refractivity contribution in [1.82, 2.24) is 4.90 Å². The normalized spacial score (nSPS) is 21.0. The molecule has 0 saturated carbocycles. The van der Waals surface area contributed by atoms with Gasteiger partial charge in [0.2, 0.25) is 0 Å². The third kappa shape index (κ3) is 3.04. The predicted molar refractivity (Wildman–Crippen MR) is 78.6 cm³/mol. The van der Waals surface area contributed by atoms with Crippen molar-refractivity contribution < 1.29 is 13.2 Å². The van der Waals surface area contributed by atoms with Crippen molar-refractivity contribution in [1.29, 1.82) is 0 Å². The zero-order valence-corrected chi connectivity index (χ0v) is 13.0. The molecule has 8 heteroatoms. The Labute approximate surface area is 120 Å². The number of thiol groups is 1. The van der Waals surface area contributed by atoms with E-state index in [0.29, 0.717) is 17.2 Å². The van der Waals surface area contributed by atoms with Crippen molar-refractivity contribution >= 4 is 51.5 Å². The first-order chi connectivity index (χ1) is 8.39. The van der Waals surface area contributed by atoms with E-state index in [1.54, 1.807) is 23.2 Å². The molecule has 2 heterocycles. The second-order valence-corrected chi connectivity index (χ2v) is 8.81. The van der Waals surface area contributed by atoms with Crippen LogP contribution < -0.4 is 0 Å². The SMILES string of the molecule is CS(=O)(=O)C1CSCCN1C(=O)c1cc(S)cs1. The van der Waals surface area contributed by atoms with Crippen LogP contribution in [0.15, 0.2) is 16.3 Å². The van der Waals surface area contributed by atoms with Crippen LogP contribution in [0.1, 0.15) is 9.67 Å². The Morgan fingerprint density at radius 2 is 2.28 bits per heavy atom.